The maximum Gasteiger partial charge on any atom is 0.501 e. The van der Waals surface area contributed by atoms with Gasteiger partial charge in [0, 0.05) is 6.54 Å². The number of hydrogen-bond acceptors (Lipinski definition) is 5. The summed E-state index contributed by atoms with van der Waals surface area (Å²) in [6.45, 7) is 0.226. The van der Waals surface area contributed by atoms with Crippen LogP contribution in [0.25, 0.3) is 0 Å². The molecule has 0 bridgehead atoms. The number of alkyl halides is 3. The second kappa shape index (κ2) is 5.82. The number of hydrogen-bond donors (Lipinski definition) is 1. The van der Waals surface area contributed by atoms with Crippen molar-refractivity contribution >= 4 is 15.5 Å². The van der Waals surface area contributed by atoms with Crippen molar-refractivity contribution < 1.29 is 31.4 Å². The van der Waals surface area contributed by atoms with E-state index in [1.54, 1.807) is 0 Å². The van der Waals surface area contributed by atoms with Crippen LogP contribution in [0.3, 0.4) is 0 Å². The lowest BCUT2D eigenvalue weighted by Gasteiger charge is -2.37. The lowest BCUT2D eigenvalue weighted by Crippen LogP contribution is -2.48. The van der Waals surface area contributed by atoms with Gasteiger partial charge < -0.3 is 14.7 Å². The lowest BCUT2D eigenvalue weighted by molar-refractivity contribution is -0.0435. The fourth-order valence-corrected chi connectivity index (χ4v) is 3.14. The number of halogens is 3. The molecule has 1 aliphatic rings. The molecule has 21 heavy (non-hydrogen) atoms. The van der Waals surface area contributed by atoms with E-state index in [2.05, 4.69) is 0 Å². The number of nitrogens with zero attached hydrogens (tertiary/aromatic N) is 1. The number of anilines is 1. The molecule has 118 valence electrons. The fraction of sp³-hybridized carbons (Fsp3) is 0.500. The van der Waals surface area contributed by atoms with E-state index in [4.69, 9.17) is 4.74 Å². The minimum absolute atomic E-state index is 0.0721. The zero-order chi connectivity index (χ0) is 15.7. The van der Waals surface area contributed by atoms with E-state index in [1.165, 1.54) is 23.1 Å². The zero-order valence-electron chi connectivity index (χ0n) is 10.9. The van der Waals surface area contributed by atoms with Crippen molar-refractivity contribution in [1.29, 1.82) is 0 Å². The SMILES string of the molecule is O=S(=O)(c1ccccc1N1CCOCC1CO)C(F)(F)F. The first-order valence-corrected chi connectivity index (χ1v) is 7.63. The van der Waals surface area contributed by atoms with E-state index in [1.807, 2.05) is 0 Å². The Kier molecular flexibility index (Phi) is 4.45. The normalized spacial score (nSPS) is 20.6. The molecule has 0 amide bonds. The number of benzene rings is 1. The molecular formula is C12H14F3NO4S. The largest absolute Gasteiger partial charge is 0.501 e. The highest BCUT2D eigenvalue weighted by Gasteiger charge is 2.48. The van der Waals surface area contributed by atoms with Crippen LogP contribution in [0.1, 0.15) is 0 Å². The van der Waals surface area contributed by atoms with Gasteiger partial charge in [-0.25, -0.2) is 8.42 Å². The Balaban J connectivity index is 2.51. The van der Waals surface area contributed by atoms with Gasteiger partial charge in [0.25, 0.3) is 9.84 Å². The van der Waals surface area contributed by atoms with Gasteiger partial charge in [-0.15, -0.1) is 0 Å². The summed E-state index contributed by atoms with van der Waals surface area (Å²) in [6, 6.07) is 4.32. The Bertz CT molecular complexity index is 603. The van der Waals surface area contributed by atoms with Crippen LogP contribution >= 0.6 is 0 Å². The average molecular weight is 325 g/mol. The first kappa shape index (κ1) is 16.1. The van der Waals surface area contributed by atoms with Crippen LogP contribution in [-0.2, 0) is 14.6 Å². The summed E-state index contributed by atoms with van der Waals surface area (Å²) in [6.07, 6.45) is 0. The molecular weight excluding hydrogens is 311 g/mol. The highest BCUT2D eigenvalue weighted by Crippen LogP contribution is 2.36. The van der Waals surface area contributed by atoms with Crippen LogP contribution in [0.15, 0.2) is 29.2 Å². The number of morpholine rings is 1. The molecule has 1 fully saturated rings. The minimum atomic E-state index is -5.45. The van der Waals surface area contributed by atoms with Gasteiger partial charge in [-0.1, -0.05) is 12.1 Å². The predicted octanol–water partition coefficient (Wildman–Crippen LogP) is 1.18. The van der Waals surface area contributed by atoms with E-state index in [0.29, 0.717) is 0 Å². The third kappa shape index (κ3) is 2.99. The van der Waals surface area contributed by atoms with E-state index in [0.717, 1.165) is 6.07 Å². The summed E-state index contributed by atoms with van der Waals surface area (Å²) < 4.78 is 66.8. The molecule has 0 aliphatic carbocycles. The van der Waals surface area contributed by atoms with Gasteiger partial charge in [-0.2, -0.15) is 13.2 Å². The summed E-state index contributed by atoms with van der Waals surface area (Å²) in [5.41, 5.74) is -5.44. The van der Waals surface area contributed by atoms with Crippen molar-refractivity contribution in [1.82, 2.24) is 0 Å². The van der Waals surface area contributed by atoms with Gasteiger partial charge in [0.1, 0.15) is 0 Å². The Labute approximate surface area is 119 Å². The molecule has 1 aromatic carbocycles. The molecule has 2 rings (SSSR count). The minimum Gasteiger partial charge on any atom is -0.394 e. The summed E-state index contributed by atoms with van der Waals surface area (Å²) in [5.74, 6) is 0. The summed E-state index contributed by atoms with van der Waals surface area (Å²) in [7, 11) is -5.45. The predicted molar refractivity (Wildman–Crippen MR) is 68.7 cm³/mol. The summed E-state index contributed by atoms with van der Waals surface area (Å²) >= 11 is 0. The van der Waals surface area contributed by atoms with Crippen molar-refractivity contribution in [3.63, 3.8) is 0 Å². The Morgan fingerprint density at radius 3 is 2.62 bits per heavy atom. The van der Waals surface area contributed by atoms with Crippen molar-refractivity contribution in [2.75, 3.05) is 31.3 Å². The topological polar surface area (TPSA) is 66.8 Å². The molecule has 0 radical (unpaired) electrons. The standard InChI is InChI=1S/C12H14F3NO4S/c13-12(14,15)21(18,19)11-4-2-1-3-10(11)16-5-6-20-8-9(16)7-17/h1-4,9,17H,5-8H2. The molecule has 0 aromatic heterocycles. The van der Waals surface area contributed by atoms with Crippen LogP contribution in [0, 0.1) is 0 Å². The maximum absolute atomic E-state index is 12.8. The Morgan fingerprint density at radius 2 is 2.00 bits per heavy atom. The van der Waals surface area contributed by atoms with Crippen molar-refractivity contribution in [3.05, 3.63) is 24.3 Å². The second-order valence-electron chi connectivity index (χ2n) is 4.52. The van der Waals surface area contributed by atoms with Crippen LogP contribution in [-0.4, -0.2) is 51.4 Å². The molecule has 1 aliphatic heterocycles. The molecule has 1 N–H and O–H groups in total. The highest BCUT2D eigenvalue weighted by atomic mass is 32.2. The summed E-state index contributed by atoms with van der Waals surface area (Å²) in [4.78, 5) is 0.625. The van der Waals surface area contributed by atoms with Crippen LogP contribution in [0.2, 0.25) is 0 Å². The smallest absolute Gasteiger partial charge is 0.394 e. The average Bonchev–Trinajstić information content (AvgIpc) is 2.46. The third-order valence-electron chi connectivity index (χ3n) is 3.21. The van der Waals surface area contributed by atoms with E-state index >= 15 is 0 Å². The van der Waals surface area contributed by atoms with Crippen molar-refractivity contribution in [2.45, 2.75) is 16.4 Å². The molecule has 1 unspecified atom stereocenters. The van der Waals surface area contributed by atoms with Gasteiger partial charge in [-0.3, -0.25) is 0 Å². The molecule has 0 spiro atoms. The van der Waals surface area contributed by atoms with Gasteiger partial charge >= 0.3 is 5.51 Å². The number of sulfone groups is 1. The molecule has 5 nitrogen and oxygen atoms in total. The van der Waals surface area contributed by atoms with E-state index in [9.17, 15) is 26.7 Å². The monoisotopic (exact) mass is 325 g/mol. The first-order chi connectivity index (χ1) is 9.79. The van der Waals surface area contributed by atoms with E-state index in [-0.39, 0.29) is 32.1 Å². The molecule has 9 heteroatoms. The maximum atomic E-state index is 12.8. The Morgan fingerprint density at radius 1 is 1.33 bits per heavy atom. The molecule has 1 heterocycles. The molecule has 0 saturated carbocycles. The highest BCUT2D eigenvalue weighted by molar-refractivity contribution is 7.92. The quantitative estimate of drug-likeness (QED) is 0.904. The number of ether oxygens (including phenoxy) is 1. The van der Waals surface area contributed by atoms with Gasteiger partial charge in [0.05, 0.1) is 36.4 Å². The van der Waals surface area contributed by atoms with Gasteiger partial charge in [-0.05, 0) is 12.1 Å². The van der Waals surface area contributed by atoms with Gasteiger partial charge in [0.2, 0.25) is 0 Å². The Hall–Kier alpha value is -1.32. The second-order valence-corrected chi connectivity index (χ2v) is 6.43. The molecule has 1 saturated heterocycles. The number of rotatable bonds is 3. The number of aliphatic hydroxyl groups is 1. The lowest BCUT2D eigenvalue weighted by atomic mass is 10.2. The fourth-order valence-electron chi connectivity index (χ4n) is 2.17. The van der Waals surface area contributed by atoms with E-state index < -0.39 is 26.3 Å². The van der Waals surface area contributed by atoms with Crippen molar-refractivity contribution in [2.24, 2.45) is 0 Å². The summed E-state index contributed by atoms with van der Waals surface area (Å²) in [5, 5.41) is 9.28. The van der Waals surface area contributed by atoms with Crippen LogP contribution in [0.5, 0.6) is 0 Å². The zero-order valence-corrected chi connectivity index (χ0v) is 11.7. The first-order valence-electron chi connectivity index (χ1n) is 6.14. The van der Waals surface area contributed by atoms with Crippen LogP contribution < -0.4 is 4.90 Å². The van der Waals surface area contributed by atoms with Crippen LogP contribution in [0.4, 0.5) is 18.9 Å². The molecule has 1 atom stereocenters. The van der Waals surface area contributed by atoms with Crippen molar-refractivity contribution in [3.8, 4) is 0 Å². The third-order valence-corrected chi connectivity index (χ3v) is 4.74. The number of para-hydroxylation sites is 1. The molecule has 1 aromatic rings. The number of aliphatic hydroxyl groups excluding tert-OH is 1. The van der Waals surface area contributed by atoms with Gasteiger partial charge in [0.15, 0.2) is 0 Å².